The Kier molecular flexibility index (Phi) is 9.38. The van der Waals surface area contributed by atoms with E-state index in [4.69, 9.17) is 0 Å². The molecule has 5 nitrogen and oxygen atoms in total. The lowest BCUT2D eigenvalue weighted by molar-refractivity contribution is -0.138. The van der Waals surface area contributed by atoms with Crippen LogP contribution < -0.4 is 10.6 Å². The quantitative estimate of drug-likeness (QED) is 0.252. The van der Waals surface area contributed by atoms with Gasteiger partial charge in [0.05, 0.1) is 5.56 Å². The maximum Gasteiger partial charge on any atom is 0.416 e. The van der Waals surface area contributed by atoms with E-state index in [1.165, 1.54) is 13.5 Å². The number of hydrogen-bond donors (Lipinski definition) is 2. The van der Waals surface area contributed by atoms with Crippen molar-refractivity contribution in [1.82, 2.24) is 15.5 Å². The monoisotopic (exact) mass is 556 g/mol. The van der Waals surface area contributed by atoms with E-state index in [1.54, 1.807) is 0 Å². The maximum absolute atomic E-state index is 13.3. The van der Waals surface area contributed by atoms with E-state index in [9.17, 15) is 22.4 Å². The highest BCUT2D eigenvalue weighted by atomic mass is 127. The molecule has 0 radical (unpaired) electrons. The van der Waals surface area contributed by atoms with E-state index < -0.39 is 17.6 Å². The van der Waals surface area contributed by atoms with Crippen molar-refractivity contribution >= 4 is 35.8 Å². The fourth-order valence-corrected chi connectivity index (χ4v) is 4.22. The Bertz CT molecular complexity index is 781. The lowest BCUT2D eigenvalue weighted by atomic mass is 9.88. The first-order valence-electron chi connectivity index (χ1n) is 10.4. The van der Waals surface area contributed by atoms with Gasteiger partial charge in [0.25, 0.3) is 0 Å². The number of carbonyl (C=O) groups excluding carboxylic acids is 1. The van der Waals surface area contributed by atoms with E-state index in [0.29, 0.717) is 25.1 Å². The summed E-state index contributed by atoms with van der Waals surface area (Å²) < 4.78 is 52.7. The number of benzene rings is 1. The normalized spacial score (nSPS) is 20.4. The highest BCUT2D eigenvalue weighted by Crippen LogP contribution is 2.32. The predicted molar refractivity (Wildman–Crippen MR) is 122 cm³/mol. The highest BCUT2D eigenvalue weighted by Gasteiger charge is 2.34. The van der Waals surface area contributed by atoms with Gasteiger partial charge in [-0.05, 0) is 37.0 Å². The van der Waals surface area contributed by atoms with Crippen LogP contribution in [0.25, 0.3) is 0 Å². The number of nitrogens with one attached hydrogen (secondary N) is 2. The molecule has 31 heavy (non-hydrogen) atoms. The molecule has 1 amide bonds. The van der Waals surface area contributed by atoms with Crippen LogP contribution in [0.5, 0.6) is 0 Å². The number of likely N-dealkylation sites (tertiary alicyclic amines) is 1. The van der Waals surface area contributed by atoms with Crippen LogP contribution in [-0.4, -0.2) is 42.9 Å². The first-order valence-corrected chi connectivity index (χ1v) is 10.4. The standard InChI is InChI=1S/C21H28F4N4O.HI/c1-26-20(27-12-15-7-8-16(22)11-18(15)21(23,24)25)28-17-9-10-29(13-17)19(30)14-5-3-2-4-6-14;/h7-8,11,14,17H,2-6,9-10,12-13H2,1H3,(H2,26,27,28);1H. The van der Waals surface area contributed by atoms with Crippen molar-refractivity contribution in [1.29, 1.82) is 0 Å². The average molecular weight is 556 g/mol. The van der Waals surface area contributed by atoms with E-state index >= 15 is 0 Å². The Hall–Kier alpha value is -1.59. The summed E-state index contributed by atoms with van der Waals surface area (Å²) in [6.07, 6.45) is 1.42. The number of alkyl halides is 3. The van der Waals surface area contributed by atoms with E-state index in [2.05, 4.69) is 15.6 Å². The highest BCUT2D eigenvalue weighted by molar-refractivity contribution is 14.0. The number of guanidine groups is 1. The number of nitrogens with zero attached hydrogens (tertiary/aromatic N) is 2. The van der Waals surface area contributed by atoms with Gasteiger partial charge in [-0.25, -0.2) is 4.39 Å². The summed E-state index contributed by atoms with van der Waals surface area (Å²) in [5.74, 6) is -0.246. The average Bonchev–Trinajstić information content (AvgIpc) is 3.19. The third kappa shape index (κ3) is 6.95. The maximum atomic E-state index is 13.3. The third-order valence-corrected chi connectivity index (χ3v) is 5.84. The molecule has 0 spiro atoms. The molecule has 1 atom stereocenters. The van der Waals surface area contributed by atoms with Gasteiger partial charge in [-0.1, -0.05) is 25.3 Å². The number of amides is 1. The molecule has 1 heterocycles. The summed E-state index contributed by atoms with van der Waals surface area (Å²) in [6, 6.07) is 2.62. The molecule has 3 rings (SSSR count). The lowest BCUT2D eigenvalue weighted by Gasteiger charge is -2.26. The van der Waals surface area contributed by atoms with E-state index in [-0.39, 0.29) is 54.0 Å². The minimum absolute atomic E-state index is 0. The smallest absolute Gasteiger partial charge is 0.352 e. The summed E-state index contributed by atoms with van der Waals surface area (Å²) in [7, 11) is 1.53. The summed E-state index contributed by atoms with van der Waals surface area (Å²) >= 11 is 0. The minimum atomic E-state index is -4.64. The van der Waals surface area contributed by atoms with Crippen molar-refractivity contribution in [2.24, 2.45) is 10.9 Å². The molecular weight excluding hydrogens is 527 g/mol. The molecule has 174 valence electrons. The molecule has 1 saturated carbocycles. The van der Waals surface area contributed by atoms with E-state index in [0.717, 1.165) is 44.2 Å². The minimum Gasteiger partial charge on any atom is -0.352 e. The second-order valence-electron chi connectivity index (χ2n) is 7.97. The van der Waals surface area contributed by atoms with Crippen LogP contribution in [0.1, 0.15) is 49.7 Å². The number of hydrogen-bond acceptors (Lipinski definition) is 2. The fourth-order valence-electron chi connectivity index (χ4n) is 4.22. The predicted octanol–water partition coefficient (Wildman–Crippen LogP) is 4.31. The van der Waals surface area contributed by atoms with Crippen LogP contribution in [-0.2, 0) is 17.5 Å². The van der Waals surface area contributed by atoms with Crippen LogP contribution in [0.4, 0.5) is 17.6 Å². The largest absolute Gasteiger partial charge is 0.416 e. The van der Waals surface area contributed by atoms with Crippen molar-refractivity contribution in [3.63, 3.8) is 0 Å². The van der Waals surface area contributed by atoms with Gasteiger partial charge in [0.15, 0.2) is 5.96 Å². The fraction of sp³-hybridized carbons (Fsp3) is 0.619. The summed E-state index contributed by atoms with van der Waals surface area (Å²) in [6.45, 7) is 1.08. The SMILES string of the molecule is CN=C(NCc1ccc(F)cc1C(F)(F)F)NC1CCN(C(=O)C2CCCCC2)C1.I. The zero-order valence-corrected chi connectivity index (χ0v) is 19.8. The van der Waals surface area contributed by atoms with Gasteiger partial charge in [-0.2, -0.15) is 13.2 Å². The van der Waals surface area contributed by atoms with Gasteiger partial charge in [0.1, 0.15) is 5.82 Å². The molecule has 1 aliphatic heterocycles. The number of carbonyl (C=O) groups is 1. The van der Waals surface area contributed by atoms with Gasteiger partial charge in [0, 0.05) is 38.6 Å². The molecule has 0 bridgehead atoms. The first-order chi connectivity index (χ1) is 14.3. The number of aliphatic imine (C=N–C) groups is 1. The van der Waals surface area contributed by atoms with Crippen LogP contribution in [0.2, 0.25) is 0 Å². The Balaban J connectivity index is 0.00000341. The van der Waals surface area contributed by atoms with Crippen LogP contribution in [0.3, 0.4) is 0 Å². The topological polar surface area (TPSA) is 56.7 Å². The Morgan fingerprint density at radius 1 is 1.19 bits per heavy atom. The summed E-state index contributed by atoms with van der Waals surface area (Å²) in [5.41, 5.74) is -1.07. The number of halogens is 5. The molecule has 1 aromatic rings. The van der Waals surface area contributed by atoms with Crippen LogP contribution in [0, 0.1) is 11.7 Å². The lowest BCUT2D eigenvalue weighted by Crippen LogP contribution is -2.45. The zero-order chi connectivity index (χ0) is 21.7. The second kappa shape index (κ2) is 11.3. The Labute approximate surface area is 197 Å². The zero-order valence-electron chi connectivity index (χ0n) is 17.5. The van der Waals surface area contributed by atoms with Gasteiger partial charge in [-0.15, -0.1) is 24.0 Å². The molecular formula is C21H29F4IN4O. The van der Waals surface area contributed by atoms with E-state index in [1.807, 2.05) is 4.90 Å². The van der Waals surface area contributed by atoms with Gasteiger partial charge in [0.2, 0.25) is 5.91 Å². The Morgan fingerprint density at radius 3 is 2.55 bits per heavy atom. The molecule has 0 aromatic heterocycles. The Morgan fingerprint density at radius 2 is 1.90 bits per heavy atom. The van der Waals surface area contributed by atoms with Gasteiger partial charge < -0.3 is 15.5 Å². The molecule has 2 N–H and O–H groups in total. The van der Waals surface area contributed by atoms with Crippen molar-refractivity contribution in [3.8, 4) is 0 Å². The van der Waals surface area contributed by atoms with Crippen LogP contribution in [0.15, 0.2) is 23.2 Å². The van der Waals surface area contributed by atoms with Crippen molar-refractivity contribution in [2.75, 3.05) is 20.1 Å². The first kappa shape index (κ1) is 25.7. The molecule has 2 aliphatic rings. The van der Waals surface area contributed by atoms with Gasteiger partial charge in [-0.3, -0.25) is 9.79 Å². The second-order valence-corrected chi connectivity index (χ2v) is 7.97. The third-order valence-electron chi connectivity index (χ3n) is 5.84. The van der Waals surface area contributed by atoms with Crippen LogP contribution >= 0.6 is 24.0 Å². The van der Waals surface area contributed by atoms with Crippen molar-refractivity contribution in [2.45, 2.75) is 57.3 Å². The molecule has 1 aromatic carbocycles. The molecule has 1 saturated heterocycles. The molecule has 1 unspecified atom stereocenters. The molecule has 2 fully saturated rings. The van der Waals surface area contributed by atoms with Gasteiger partial charge >= 0.3 is 6.18 Å². The summed E-state index contributed by atoms with van der Waals surface area (Å²) in [5, 5.41) is 6.05. The molecule has 1 aliphatic carbocycles. The van der Waals surface area contributed by atoms with Crippen molar-refractivity contribution in [3.05, 3.63) is 35.1 Å². The van der Waals surface area contributed by atoms with Crippen molar-refractivity contribution < 1.29 is 22.4 Å². The number of rotatable bonds is 4. The molecule has 10 heteroatoms. The summed E-state index contributed by atoms with van der Waals surface area (Å²) in [4.78, 5) is 18.6.